The Morgan fingerprint density at radius 3 is 2.27 bits per heavy atom. The monoisotopic (exact) mass is 369 g/mol. The lowest BCUT2D eigenvalue weighted by atomic mass is 10.1. The molecule has 3 aromatic carbocycles. The van der Waals surface area contributed by atoms with Gasteiger partial charge in [0, 0.05) is 0 Å². The van der Waals surface area contributed by atoms with Gasteiger partial charge in [-0.3, -0.25) is 9.10 Å². The molecule has 3 aromatic rings. The second-order valence-electron chi connectivity index (χ2n) is 5.66. The Bertz CT molecular complexity index is 1020. The molecule has 6 heteroatoms. The number of rotatable bonds is 6. The van der Waals surface area contributed by atoms with E-state index >= 15 is 0 Å². The van der Waals surface area contributed by atoms with Gasteiger partial charge in [-0.15, -0.1) is 0 Å². The van der Waals surface area contributed by atoms with Gasteiger partial charge in [0.15, 0.2) is 0 Å². The number of fused-ring (bicyclic) bond motifs is 1. The Hall–Kier alpha value is -2.86. The van der Waals surface area contributed by atoms with Crippen LogP contribution in [0.5, 0.6) is 0 Å². The van der Waals surface area contributed by atoms with Crippen molar-refractivity contribution >= 4 is 32.5 Å². The molecule has 0 aromatic heterocycles. The van der Waals surface area contributed by atoms with Gasteiger partial charge < -0.3 is 4.74 Å². The van der Waals surface area contributed by atoms with Gasteiger partial charge in [0.2, 0.25) is 0 Å². The number of anilines is 1. The van der Waals surface area contributed by atoms with Crippen LogP contribution in [0.2, 0.25) is 0 Å². The molecule has 0 aliphatic carbocycles. The number of esters is 1. The average molecular weight is 369 g/mol. The number of sulfonamides is 1. The fraction of sp³-hybridized carbons (Fsp3) is 0.150. The summed E-state index contributed by atoms with van der Waals surface area (Å²) in [6.45, 7) is 1.49. The van der Waals surface area contributed by atoms with Crippen LogP contribution in [0.4, 0.5) is 5.69 Å². The first kappa shape index (κ1) is 17.9. The predicted octanol–water partition coefficient (Wildman–Crippen LogP) is 3.60. The van der Waals surface area contributed by atoms with Crippen molar-refractivity contribution in [1.82, 2.24) is 0 Å². The highest BCUT2D eigenvalue weighted by atomic mass is 32.2. The minimum Gasteiger partial charge on any atom is -0.465 e. The lowest BCUT2D eigenvalue weighted by molar-refractivity contribution is -0.141. The van der Waals surface area contributed by atoms with Crippen LogP contribution in [0, 0.1) is 0 Å². The number of hydrogen-bond donors (Lipinski definition) is 0. The van der Waals surface area contributed by atoms with E-state index in [9.17, 15) is 13.2 Å². The molecule has 0 saturated heterocycles. The Kier molecular flexibility index (Phi) is 5.23. The van der Waals surface area contributed by atoms with Crippen LogP contribution in [0.15, 0.2) is 77.7 Å². The Balaban J connectivity index is 2.09. The van der Waals surface area contributed by atoms with Gasteiger partial charge in [0.05, 0.1) is 17.2 Å². The summed E-state index contributed by atoms with van der Waals surface area (Å²) in [6, 6.07) is 21.0. The third-order valence-corrected chi connectivity index (χ3v) is 5.72. The summed E-state index contributed by atoms with van der Waals surface area (Å²) in [7, 11) is -3.90. The molecule has 0 aliphatic heterocycles. The van der Waals surface area contributed by atoms with Crippen LogP contribution in [0.25, 0.3) is 10.8 Å². The van der Waals surface area contributed by atoms with Crippen molar-refractivity contribution in [3.8, 4) is 0 Å². The van der Waals surface area contributed by atoms with Crippen molar-refractivity contribution in [2.24, 2.45) is 0 Å². The van der Waals surface area contributed by atoms with Crippen molar-refractivity contribution in [2.45, 2.75) is 11.8 Å². The highest BCUT2D eigenvalue weighted by Gasteiger charge is 2.27. The van der Waals surface area contributed by atoms with E-state index in [1.165, 1.54) is 12.1 Å². The minimum absolute atomic E-state index is 0.123. The molecule has 0 atom stereocenters. The molecule has 0 aliphatic rings. The van der Waals surface area contributed by atoms with E-state index in [-0.39, 0.29) is 18.0 Å². The first-order valence-corrected chi connectivity index (χ1v) is 9.68. The topological polar surface area (TPSA) is 63.7 Å². The highest BCUT2D eigenvalue weighted by molar-refractivity contribution is 7.92. The first-order chi connectivity index (χ1) is 12.5. The number of carbonyl (C=O) groups excluding carboxylic acids is 1. The molecule has 0 radical (unpaired) electrons. The minimum atomic E-state index is -3.90. The smallest absolute Gasteiger partial charge is 0.326 e. The zero-order valence-corrected chi connectivity index (χ0v) is 15.1. The van der Waals surface area contributed by atoms with E-state index in [2.05, 4.69) is 0 Å². The van der Waals surface area contributed by atoms with Crippen molar-refractivity contribution in [3.05, 3.63) is 72.8 Å². The molecular formula is C20H19NO4S. The van der Waals surface area contributed by atoms with Gasteiger partial charge >= 0.3 is 5.97 Å². The van der Waals surface area contributed by atoms with Gasteiger partial charge in [-0.1, -0.05) is 48.5 Å². The lowest BCUT2D eigenvalue weighted by Crippen LogP contribution is -2.36. The highest BCUT2D eigenvalue weighted by Crippen LogP contribution is 2.27. The molecule has 0 heterocycles. The normalized spacial score (nSPS) is 11.3. The maximum Gasteiger partial charge on any atom is 0.326 e. The molecule has 0 unspecified atom stereocenters. The van der Waals surface area contributed by atoms with E-state index in [1.54, 1.807) is 37.3 Å². The summed E-state index contributed by atoms with van der Waals surface area (Å²) in [6.07, 6.45) is 0. The fourth-order valence-electron chi connectivity index (χ4n) is 2.69. The van der Waals surface area contributed by atoms with Crippen molar-refractivity contribution in [3.63, 3.8) is 0 Å². The number of carbonyl (C=O) groups is 1. The first-order valence-electron chi connectivity index (χ1n) is 8.24. The molecule has 0 bridgehead atoms. The molecule has 0 spiro atoms. The second kappa shape index (κ2) is 7.58. The van der Waals surface area contributed by atoms with Crippen molar-refractivity contribution < 1.29 is 17.9 Å². The summed E-state index contributed by atoms with van der Waals surface area (Å²) in [4.78, 5) is 12.2. The third kappa shape index (κ3) is 3.70. The van der Waals surface area contributed by atoms with Crippen LogP contribution in [0.3, 0.4) is 0 Å². The molecular weight excluding hydrogens is 350 g/mol. The predicted molar refractivity (Wildman–Crippen MR) is 102 cm³/mol. The van der Waals surface area contributed by atoms with E-state index in [1.807, 2.05) is 30.3 Å². The SMILES string of the molecule is CCOC(=O)CN(c1ccc2ccccc2c1)S(=O)(=O)c1ccccc1. The number of benzene rings is 3. The van der Waals surface area contributed by atoms with Gasteiger partial charge in [-0.25, -0.2) is 8.42 Å². The zero-order chi connectivity index (χ0) is 18.6. The molecule has 0 fully saturated rings. The van der Waals surface area contributed by atoms with Crippen LogP contribution in [0.1, 0.15) is 6.92 Å². The van der Waals surface area contributed by atoms with Crippen molar-refractivity contribution in [1.29, 1.82) is 0 Å². The molecule has 0 saturated carbocycles. The largest absolute Gasteiger partial charge is 0.465 e. The van der Waals surface area contributed by atoms with E-state index in [4.69, 9.17) is 4.74 Å². The lowest BCUT2D eigenvalue weighted by Gasteiger charge is -2.24. The molecule has 134 valence electrons. The average Bonchev–Trinajstić information content (AvgIpc) is 2.66. The van der Waals surface area contributed by atoms with Crippen LogP contribution < -0.4 is 4.31 Å². The van der Waals surface area contributed by atoms with Gasteiger partial charge in [-0.05, 0) is 42.0 Å². The second-order valence-corrected chi connectivity index (χ2v) is 7.52. The van der Waals surface area contributed by atoms with Gasteiger partial charge in [0.1, 0.15) is 6.54 Å². The van der Waals surface area contributed by atoms with E-state index < -0.39 is 16.0 Å². The molecule has 0 amide bonds. The Morgan fingerprint density at radius 2 is 1.58 bits per heavy atom. The Morgan fingerprint density at radius 1 is 0.923 bits per heavy atom. The molecule has 26 heavy (non-hydrogen) atoms. The summed E-state index contributed by atoms with van der Waals surface area (Å²) in [5.41, 5.74) is 0.417. The summed E-state index contributed by atoms with van der Waals surface area (Å²) in [5.74, 6) is -0.597. The standard InChI is InChI=1S/C20H19NO4S/c1-2-25-20(22)15-21(26(23,24)19-10-4-3-5-11-19)18-13-12-16-8-6-7-9-17(16)14-18/h3-14H,2,15H2,1H3. The zero-order valence-electron chi connectivity index (χ0n) is 14.3. The van der Waals surface area contributed by atoms with Crippen LogP contribution in [-0.4, -0.2) is 27.5 Å². The maximum absolute atomic E-state index is 13.1. The Labute approximate surface area is 152 Å². The fourth-order valence-corrected chi connectivity index (χ4v) is 4.11. The van der Waals surface area contributed by atoms with Crippen LogP contribution >= 0.6 is 0 Å². The summed E-state index contributed by atoms with van der Waals surface area (Å²) < 4.78 is 32.3. The summed E-state index contributed by atoms with van der Waals surface area (Å²) in [5, 5.41) is 1.88. The summed E-state index contributed by atoms with van der Waals surface area (Å²) >= 11 is 0. The number of nitrogens with zero attached hydrogens (tertiary/aromatic N) is 1. The number of hydrogen-bond acceptors (Lipinski definition) is 4. The molecule has 5 nitrogen and oxygen atoms in total. The van der Waals surface area contributed by atoms with Gasteiger partial charge in [-0.2, -0.15) is 0 Å². The molecule has 0 N–H and O–H groups in total. The van der Waals surface area contributed by atoms with E-state index in [0.29, 0.717) is 5.69 Å². The molecule has 3 rings (SSSR count). The van der Waals surface area contributed by atoms with Gasteiger partial charge in [0.25, 0.3) is 10.0 Å². The number of ether oxygens (including phenoxy) is 1. The van der Waals surface area contributed by atoms with E-state index in [0.717, 1.165) is 15.1 Å². The quantitative estimate of drug-likeness (QED) is 0.623. The maximum atomic E-state index is 13.1. The van der Waals surface area contributed by atoms with Crippen molar-refractivity contribution in [2.75, 3.05) is 17.5 Å². The van der Waals surface area contributed by atoms with Crippen LogP contribution in [-0.2, 0) is 19.6 Å². The third-order valence-electron chi connectivity index (χ3n) is 3.93.